The van der Waals surface area contributed by atoms with Crippen molar-refractivity contribution in [3.8, 4) is 5.75 Å². The van der Waals surface area contributed by atoms with Crippen molar-refractivity contribution in [2.24, 2.45) is 11.1 Å². The van der Waals surface area contributed by atoms with E-state index >= 15 is 0 Å². The first kappa shape index (κ1) is 28.1. The molecule has 2 fully saturated rings. The highest BCUT2D eigenvalue weighted by Crippen LogP contribution is 2.34. The zero-order valence-corrected chi connectivity index (χ0v) is 21.9. The van der Waals surface area contributed by atoms with Crippen molar-refractivity contribution in [2.75, 3.05) is 32.8 Å². The third-order valence-electron chi connectivity index (χ3n) is 6.81. The van der Waals surface area contributed by atoms with E-state index in [4.69, 9.17) is 9.57 Å². The fourth-order valence-corrected chi connectivity index (χ4v) is 4.83. The molecule has 7 nitrogen and oxygen atoms in total. The summed E-state index contributed by atoms with van der Waals surface area (Å²) >= 11 is 0. The highest BCUT2D eigenvalue weighted by Gasteiger charge is 2.40. The van der Waals surface area contributed by atoms with Crippen LogP contribution in [-0.4, -0.2) is 71.9 Å². The second-order valence-electron chi connectivity index (χ2n) is 10.7. The van der Waals surface area contributed by atoms with Crippen LogP contribution in [0.1, 0.15) is 65.9 Å². The minimum absolute atomic E-state index is 0.00269. The van der Waals surface area contributed by atoms with Crippen molar-refractivity contribution < 1.29 is 32.3 Å². The Morgan fingerprint density at radius 1 is 1.06 bits per heavy atom. The fraction of sp³-hybridized carbons (Fsp3) is 0.692. The van der Waals surface area contributed by atoms with Crippen LogP contribution in [0.2, 0.25) is 0 Å². The van der Waals surface area contributed by atoms with Crippen molar-refractivity contribution >= 4 is 11.8 Å². The molecule has 2 heterocycles. The van der Waals surface area contributed by atoms with Crippen LogP contribution in [-0.2, 0) is 9.57 Å². The molecule has 36 heavy (non-hydrogen) atoms. The molecule has 2 aliphatic heterocycles. The molecular weight excluding hydrogens is 475 g/mol. The number of hydrogen-bond acceptors (Lipinski definition) is 6. The van der Waals surface area contributed by atoms with Gasteiger partial charge in [0.2, 0.25) is 0 Å². The first-order chi connectivity index (χ1) is 16.8. The van der Waals surface area contributed by atoms with E-state index in [1.165, 1.54) is 12.1 Å². The van der Waals surface area contributed by atoms with Crippen LogP contribution < -0.4 is 4.74 Å². The first-order valence-corrected chi connectivity index (χ1v) is 12.6. The second kappa shape index (κ2) is 11.3. The Labute approximate surface area is 211 Å². The number of benzene rings is 1. The zero-order chi connectivity index (χ0) is 26.6. The molecule has 0 unspecified atom stereocenters. The number of carbonyl (C=O) groups is 1. The number of oxime groups is 1. The molecule has 2 aliphatic rings. The van der Waals surface area contributed by atoms with Gasteiger partial charge in [-0.25, -0.2) is 4.79 Å². The standard InChI is InChI=1S/C26H38F3N3O4/c1-6-34-30-22(19-7-9-21(10-8-19)35-26(27,28)29)20-11-15-32(16-12-20)25(5)13-17-31(18-14-25)23(33)36-24(2,3)4/h7-10,20H,6,11-18H2,1-5H3/b30-22-. The number of carbonyl (C=O) groups excluding carboxylic acids is 1. The summed E-state index contributed by atoms with van der Waals surface area (Å²) in [5.74, 6) is -0.130. The minimum atomic E-state index is -4.73. The fourth-order valence-electron chi connectivity index (χ4n) is 4.83. The molecular formula is C26H38F3N3O4. The Bertz CT molecular complexity index is 896. The summed E-state index contributed by atoms with van der Waals surface area (Å²) in [4.78, 5) is 22.1. The van der Waals surface area contributed by atoms with Crippen molar-refractivity contribution in [3.63, 3.8) is 0 Å². The predicted octanol–water partition coefficient (Wildman–Crippen LogP) is 5.83. The van der Waals surface area contributed by atoms with Crippen LogP contribution >= 0.6 is 0 Å². The zero-order valence-electron chi connectivity index (χ0n) is 21.9. The predicted molar refractivity (Wildman–Crippen MR) is 131 cm³/mol. The van der Waals surface area contributed by atoms with E-state index in [0.717, 1.165) is 50.0 Å². The molecule has 0 saturated carbocycles. The summed E-state index contributed by atoms with van der Waals surface area (Å²) in [6, 6.07) is 5.80. The lowest BCUT2D eigenvalue weighted by molar-refractivity contribution is -0.274. The van der Waals surface area contributed by atoms with Crippen LogP contribution in [0.3, 0.4) is 0 Å². The normalized spacial score (nSPS) is 20.2. The second-order valence-corrected chi connectivity index (χ2v) is 10.7. The third kappa shape index (κ3) is 7.75. The van der Waals surface area contributed by atoms with Gasteiger partial charge >= 0.3 is 12.5 Å². The van der Waals surface area contributed by atoms with Crippen LogP contribution in [0, 0.1) is 5.92 Å². The van der Waals surface area contributed by atoms with Gasteiger partial charge < -0.3 is 19.2 Å². The molecule has 0 N–H and O–H groups in total. The molecule has 0 atom stereocenters. The summed E-state index contributed by atoms with van der Waals surface area (Å²) in [5.41, 5.74) is 0.969. The molecule has 0 bridgehead atoms. The lowest BCUT2D eigenvalue weighted by Crippen LogP contribution is -2.57. The monoisotopic (exact) mass is 513 g/mol. The van der Waals surface area contributed by atoms with Gasteiger partial charge in [0, 0.05) is 24.5 Å². The number of amides is 1. The van der Waals surface area contributed by atoms with E-state index < -0.39 is 12.0 Å². The highest BCUT2D eigenvalue weighted by atomic mass is 19.4. The number of rotatable bonds is 6. The number of ether oxygens (including phenoxy) is 2. The van der Waals surface area contributed by atoms with Crippen molar-refractivity contribution in [3.05, 3.63) is 29.8 Å². The topological polar surface area (TPSA) is 63.6 Å². The highest BCUT2D eigenvalue weighted by molar-refractivity contribution is 6.02. The average Bonchev–Trinajstić information content (AvgIpc) is 2.79. The smallest absolute Gasteiger partial charge is 0.444 e. The van der Waals surface area contributed by atoms with Crippen LogP contribution in [0.15, 0.2) is 29.4 Å². The first-order valence-electron chi connectivity index (χ1n) is 12.6. The lowest BCUT2D eigenvalue weighted by atomic mass is 9.82. The van der Waals surface area contributed by atoms with E-state index in [-0.39, 0.29) is 23.3 Å². The Balaban J connectivity index is 1.60. The summed E-state index contributed by atoms with van der Waals surface area (Å²) in [5, 5.41) is 4.33. The van der Waals surface area contributed by atoms with Gasteiger partial charge in [-0.2, -0.15) is 0 Å². The number of hydrogen-bond donors (Lipinski definition) is 0. The number of likely N-dealkylation sites (tertiary alicyclic amines) is 2. The number of alkyl halides is 3. The number of piperidine rings is 2. The third-order valence-corrected chi connectivity index (χ3v) is 6.81. The molecule has 0 aliphatic carbocycles. The van der Waals surface area contributed by atoms with E-state index in [9.17, 15) is 18.0 Å². The summed E-state index contributed by atoms with van der Waals surface area (Å²) in [6.07, 6.45) is -1.52. The Morgan fingerprint density at radius 3 is 2.14 bits per heavy atom. The quantitative estimate of drug-likeness (QED) is 0.354. The van der Waals surface area contributed by atoms with Crippen LogP contribution in [0.25, 0.3) is 0 Å². The van der Waals surface area contributed by atoms with Gasteiger partial charge in [0.05, 0.1) is 5.71 Å². The van der Waals surface area contributed by atoms with Crippen molar-refractivity contribution in [2.45, 2.75) is 77.8 Å². The minimum Gasteiger partial charge on any atom is -0.444 e. The van der Waals surface area contributed by atoms with E-state index in [1.807, 2.05) is 27.7 Å². The molecule has 0 aromatic heterocycles. The molecule has 3 rings (SSSR count). The lowest BCUT2D eigenvalue weighted by Gasteiger charge is -2.49. The molecule has 10 heteroatoms. The van der Waals surface area contributed by atoms with Crippen LogP contribution in [0.4, 0.5) is 18.0 Å². The number of halogens is 3. The summed E-state index contributed by atoms with van der Waals surface area (Å²) < 4.78 is 47.0. The van der Waals surface area contributed by atoms with E-state index in [0.29, 0.717) is 19.7 Å². The van der Waals surface area contributed by atoms with Gasteiger partial charge in [-0.1, -0.05) is 5.16 Å². The van der Waals surface area contributed by atoms with Crippen LogP contribution in [0.5, 0.6) is 5.75 Å². The maximum Gasteiger partial charge on any atom is 0.573 e. The van der Waals surface area contributed by atoms with E-state index in [2.05, 4.69) is 21.7 Å². The Morgan fingerprint density at radius 2 is 1.64 bits per heavy atom. The Kier molecular flexibility index (Phi) is 8.80. The SMILES string of the molecule is CCO/N=C(/c1ccc(OC(F)(F)F)cc1)C1CCN(C2(C)CCN(C(=O)OC(C)(C)C)CC2)CC1. The maximum atomic E-state index is 12.5. The average molecular weight is 514 g/mol. The van der Waals surface area contributed by atoms with Crippen molar-refractivity contribution in [1.29, 1.82) is 0 Å². The van der Waals surface area contributed by atoms with Gasteiger partial charge in [-0.05, 0) is 103 Å². The van der Waals surface area contributed by atoms with Gasteiger partial charge in [0.1, 0.15) is 18.0 Å². The van der Waals surface area contributed by atoms with Gasteiger partial charge in [-0.15, -0.1) is 13.2 Å². The largest absolute Gasteiger partial charge is 0.573 e. The molecule has 1 amide bonds. The molecule has 202 valence electrons. The maximum absolute atomic E-state index is 12.5. The van der Waals surface area contributed by atoms with Crippen molar-refractivity contribution in [1.82, 2.24) is 9.80 Å². The van der Waals surface area contributed by atoms with E-state index in [1.54, 1.807) is 17.0 Å². The van der Waals surface area contributed by atoms with Gasteiger partial charge in [-0.3, -0.25) is 4.90 Å². The van der Waals surface area contributed by atoms with Gasteiger partial charge in [0.25, 0.3) is 0 Å². The number of nitrogens with zero attached hydrogens (tertiary/aromatic N) is 3. The molecule has 1 aromatic carbocycles. The molecule has 0 spiro atoms. The molecule has 0 radical (unpaired) electrons. The molecule has 2 saturated heterocycles. The Hall–Kier alpha value is -2.49. The van der Waals surface area contributed by atoms with Gasteiger partial charge in [0.15, 0.2) is 0 Å². The summed E-state index contributed by atoms with van der Waals surface area (Å²) in [6.45, 7) is 13.2. The molecule has 1 aromatic rings. The summed E-state index contributed by atoms with van der Waals surface area (Å²) in [7, 11) is 0.